The van der Waals surface area contributed by atoms with Crippen molar-refractivity contribution in [1.29, 1.82) is 0 Å². The molecule has 1 unspecified atom stereocenters. The number of rotatable bonds is 4. The van der Waals surface area contributed by atoms with Gasteiger partial charge in [0, 0.05) is 14.2 Å². The molecule has 6 nitrogen and oxygen atoms in total. The van der Waals surface area contributed by atoms with Gasteiger partial charge in [-0.05, 0) is 54.3 Å². The van der Waals surface area contributed by atoms with Crippen molar-refractivity contribution in [2.24, 2.45) is 4.99 Å². The zero-order valence-corrected chi connectivity index (χ0v) is 17.2. The molecule has 2 heterocycles. The second-order valence-electron chi connectivity index (χ2n) is 7.46. The van der Waals surface area contributed by atoms with Crippen LogP contribution in [-0.4, -0.2) is 35.9 Å². The molecule has 0 aliphatic carbocycles. The lowest BCUT2D eigenvalue weighted by atomic mass is 10.0. The van der Waals surface area contributed by atoms with Crippen molar-refractivity contribution in [1.82, 2.24) is 15.1 Å². The van der Waals surface area contributed by atoms with Crippen LogP contribution in [0.3, 0.4) is 0 Å². The molecule has 0 bridgehead atoms. The minimum Gasteiger partial charge on any atom is -0.380 e. The number of guanidine groups is 1. The molecule has 4 rings (SSSR count). The number of methoxy groups -OCH3 is 1. The van der Waals surface area contributed by atoms with Crippen LogP contribution >= 0.6 is 0 Å². The number of aryl methyl sites for hydroxylation is 1. The Morgan fingerprint density at radius 2 is 1.90 bits per heavy atom. The maximum Gasteiger partial charge on any atom is 0.329 e. The molecule has 1 fully saturated rings. The van der Waals surface area contributed by atoms with Crippen molar-refractivity contribution in [2.75, 3.05) is 14.2 Å². The number of hydrogen-bond donors (Lipinski definition) is 1. The highest BCUT2D eigenvalue weighted by Gasteiger charge is 2.40. The standard InChI is InChI=1S/C22H21F3N4O2/c1-12-4-5-13(11-31-3)8-17(12)26-21-27-22(30)28(2)19-7-6-18(29(19)21)14-9-15(23)20(25)16(24)10-14/h4-5,7-10,18H,6,11H2,1-3H3,(H,26,27,30). The van der Waals surface area contributed by atoms with E-state index in [1.165, 1.54) is 4.90 Å². The maximum absolute atomic E-state index is 13.9. The largest absolute Gasteiger partial charge is 0.380 e. The van der Waals surface area contributed by atoms with Gasteiger partial charge in [0.25, 0.3) is 0 Å². The van der Waals surface area contributed by atoms with Crippen LogP contribution in [0.25, 0.3) is 0 Å². The first-order chi connectivity index (χ1) is 14.8. The molecular weight excluding hydrogens is 409 g/mol. The van der Waals surface area contributed by atoms with Crippen LogP contribution in [0, 0.1) is 24.4 Å². The third-order valence-electron chi connectivity index (χ3n) is 5.38. The molecule has 0 saturated carbocycles. The van der Waals surface area contributed by atoms with Crippen molar-refractivity contribution in [3.8, 4) is 0 Å². The third kappa shape index (κ3) is 3.76. The first kappa shape index (κ1) is 20.9. The van der Waals surface area contributed by atoms with Gasteiger partial charge in [0.2, 0.25) is 5.96 Å². The zero-order valence-electron chi connectivity index (χ0n) is 17.2. The summed E-state index contributed by atoms with van der Waals surface area (Å²) in [6.07, 6.45) is 2.15. The number of aliphatic imine (C=N–C) groups is 1. The van der Waals surface area contributed by atoms with Crippen LogP contribution in [0.1, 0.15) is 29.2 Å². The molecule has 0 radical (unpaired) electrons. The number of hydrogen-bond acceptors (Lipinski definition) is 3. The van der Waals surface area contributed by atoms with Crippen LogP contribution in [0.2, 0.25) is 0 Å². The summed E-state index contributed by atoms with van der Waals surface area (Å²) in [5.41, 5.74) is 2.64. The highest BCUT2D eigenvalue weighted by molar-refractivity contribution is 6.02. The fourth-order valence-corrected chi connectivity index (χ4v) is 3.76. The molecule has 1 saturated heterocycles. The maximum atomic E-state index is 13.9. The number of urea groups is 1. The highest BCUT2D eigenvalue weighted by Crippen LogP contribution is 2.39. The molecule has 31 heavy (non-hydrogen) atoms. The summed E-state index contributed by atoms with van der Waals surface area (Å²) in [5, 5.41) is 2.73. The van der Waals surface area contributed by atoms with Crippen molar-refractivity contribution < 1.29 is 22.7 Å². The molecule has 1 N–H and O–H groups in total. The lowest BCUT2D eigenvalue weighted by Gasteiger charge is -2.38. The molecule has 2 aromatic rings. The Morgan fingerprint density at radius 1 is 1.19 bits per heavy atom. The highest BCUT2D eigenvalue weighted by atomic mass is 19.2. The zero-order chi connectivity index (χ0) is 22.3. The summed E-state index contributed by atoms with van der Waals surface area (Å²) in [6, 6.07) is 6.66. The summed E-state index contributed by atoms with van der Waals surface area (Å²) in [4.78, 5) is 20.2. The SMILES string of the molecule is COCc1ccc(C)c(N=C2NC(=O)N(C)C3=CCC(c4cc(F)c(F)c(F)c4)N32)c1. The van der Waals surface area contributed by atoms with Crippen LogP contribution in [0.15, 0.2) is 47.2 Å². The predicted molar refractivity (Wildman–Crippen MR) is 109 cm³/mol. The van der Waals surface area contributed by atoms with E-state index in [2.05, 4.69) is 10.3 Å². The number of ether oxygens (including phenoxy) is 1. The number of amides is 2. The third-order valence-corrected chi connectivity index (χ3v) is 5.38. The van der Waals surface area contributed by atoms with E-state index in [1.807, 2.05) is 25.1 Å². The number of carbonyl (C=O) groups is 1. The van der Waals surface area contributed by atoms with E-state index in [4.69, 9.17) is 4.74 Å². The Hall–Kier alpha value is -3.33. The normalized spacial score (nSPS) is 19.5. The van der Waals surface area contributed by atoms with Gasteiger partial charge in [-0.15, -0.1) is 0 Å². The molecule has 1 atom stereocenters. The number of fused-ring (bicyclic) bond motifs is 1. The monoisotopic (exact) mass is 430 g/mol. The van der Waals surface area contributed by atoms with Crippen LogP contribution in [0.5, 0.6) is 0 Å². The second kappa shape index (κ2) is 8.07. The van der Waals surface area contributed by atoms with Gasteiger partial charge in [0.1, 0.15) is 5.82 Å². The van der Waals surface area contributed by atoms with Gasteiger partial charge in [-0.3, -0.25) is 15.1 Å². The molecule has 9 heteroatoms. The molecule has 0 spiro atoms. The molecule has 2 amide bonds. The quantitative estimate of drug-likeness (QED) is 0.728. The van der Waals surface area contributed by atoms with E-state index < -0.39 is 23.5 Å². The van der Waals surface area contributed by atoms with Crippen molar-refractivity contribution in [3.05, 3.63) is 76.4 Å². The van der Waals surface area contributed by atoms with Gasteiger partial charge >= 0.3 is 6.03 Å². The lowest BCUT2D eigenvalue weighted by Crippen LogP contribution is -2.56. The minimum absolute atomic E-state index is 0.222. The topological polar surface area (TPSA) is 57.2 Å². The Bertz CT molecular complexity index is 1090. The van der Waals surface area contributed by atoms with Crippen LogP contribution in [-0.2, 0) is 11.3 Å². The predicted octanol–water partition coefficient (Wildman–Crippen LogP) is 4.49. The number of carbonyl (C=O) groups excluding carboxylic acids is 1. The summed E-state index contributed by atoms with van der Waals surface area (Å²) in [7, 11) is 3.18. The number of nitrogens with one attached hydrogen (secondary N) is 1. The van der Waals surface area contributed by atoms with Crippen LogP contribution in [0.4, 0.5) is 23.7 Å². The number of benzene rings is 2. The van der Waals surface area contributed by atoms with Gasteiger partial charge in [0.05, 0.1) is 18.3 Å². The van der Waals surface area contributed by atoms with Gasteiger partial charge in [-0.1, -0.05) is 12.1 Å². The van der Waals surface area contributed by atoms with E-state index >= 15 is 0 Å². The van der Waals surface area contributed by atoms with Crippen molar-refractivity contribution in [2.45, 2.75) is 26.0 Å². The minimum atomic E-state index is -1.52. The summed E-state index contributed by atoms with van der Waals surface area (Å²) in [5.74, 6) is -3.29. The number of halogens is 3. The van der Waals surface area contributed by atoms with E-state index in [0.717, 1.165) is 23.3 Å². The average molecular weight is 430 g/mol. The second-order valence-corrected chi connectivity index (χ2v) is 7.46. The van der Waals surface area contributed by atoms with Gasteiger partial charge in [-0.2, -0.15) is 0 Å². The van der Waals surface area contributed by atoms with Crippen molar-refractivity contribution in [3.63, 3.8) is 0 Å². The van der Waals surface area contributed by atoms with E-state index in [9.17, 15) is 18.0 Å². The summed E-state index contributed by atoms with van der Waals surface area (Å²) >= 11 is 0. The first-order valence-corrected chi connectivity index (χ1v) is 9.66. The van der Waals surface area contributed by atoms with E-state index in [1.54, 1.807) is 25.1 Å². The Morgan fingerprint density at radius 3 is 2.58 bits per heavy atom. The molecule has 2 aliphatic heterocycles. The summed E-state index contributed by atoms with van der Waals surface area (Å²) in [6.45, 7) is 2.29. The first-order valence-electron chi connectivity index (χ1n) is 9.66. The molecule has 0 aromatic heterocycles. The molecule has 2 aliphatic rings. The molecular formula is C22H21F3N4O2. The van der Waals surface area contributed by atoms with E-state index in [-0.39, 0.29) is 17.6 Å². The van der Waals surface area contributed by atoms with Gasteiger partial charge < -0.3 is 4.74 Å². The lowest BCUT2D eigenvalue weighted by molar-refractivity contribution is 0.185. The van der Waals surface area contributed by atoms with Gasteiger partial charge in [0.15, 0.2) is 17.5 Å². The smallest absolute Gasteiger partial charge is 0.329 e. The van der Waals surface area contributed by atoms with Gasteiger partial charge in [-0.25, -0.2) is 23.0 Å². The Balaban J connectivity index is 1.79. The number of nitrogens with zero attached hydrogens (tertiary/aromatic N) is 3. The fourth-order valence-electron chi connectivity index (χ4n) is 3.76. The van der Waals surface area contributed by atoms with Crippen molar-refractivity contribution >= 4 is 17.7 Å². The molecule has 2 aromatic carbocycles. The fraction of sp³-hybridized carbons (Fsp3) is 0.273. The summed E-state index contributed by atoms with van der Waals surface area (Å²) < 4.78 is 46.4. The Kier molecular flexibility index (Phi) is 5.45. The molecule has 162 valence electrons. The Labute approximate surface area is 177 Å². The van der Waals surface area contributed by atoms with E-state index in [0.29, 0.717) is 24.5 Å². The van der Waals surface area contributed by atoms with Crippen LogP contribution < -0.4 is 5.32 Å². The average Bonchev–Trinajstić information content (AvgIpc) is 3.18.